The van der Waals surface area contributed by atoms with Crippen molar-refractivity contribution in [2.24, 2.45) is 23.2 Å². The van der Waals surface area contributed by atoms with Gasteiger partial charge in [-0.2, -0.15) is 0 Å². The Morgan fingerprint density at radius 3 is 2.76 bits per heavy atom. The second-order valence-electron chi connectivity index (χ2n) is 9.17. The zero-order chi connectivity index (χ0) is 17.8. The highest BCUT2D eigenvalue weighted by molar-refractivity contribution is 5.75. The van der Waals surface area contributed by atoms with Gasteiger partial charge in [-0.3, -0.25) is 0 Å². The molecule has 1 N–H and O–H groups in total. The van der Waals surface area contributed by atoms with E-state index in [1.54, 1.807) is 6.92 Å². The number of phenols is 1. The van der Waals surface area contributed by atoms with Gasteiger partial charge in [-0.15, -0.1) is 0 Å². The molecule has 0 spiro atoms. The fourth-order valence-electron chi connectivity index (χ4n) is 6.73. The van der Waals surface area contributed by atoms with E-state index in [1.807, 2.05) is 6.07 Å². The van der Waals surface area contributed by atoms with Crippen LogP contribution in [0.1, 0.15) is 81.9 Å². The van der Waals surface area contributed by atoms with Crippen LogP contribution < -0.4 is 0 Å². The Labute approximate surface area is 152 Å². The van der Waals surface area contributed by atoms with E-state index in [2.05, 4.69) is 19.9 Å². The first-order valence-corrected chi connectivity index (χ1v) is 10.3. The molecule has 3 aliphatic carbocycles. The van der Waals surface area contributed by atoms with Gasteiger partial charge < -0.3 is 9.90 Å². The van der Waals surface area contributed by atoms with Crippen molar-refractivity contribution < 1.29 is 9.90 Å². The lowest BCUT2D eigenvalue weighted by molar-refractivity contribution is -0.119. The summed E-state index contributed by atoms with van der Waals surface area (Å²) in [5.41, 5.74) is 4.39. The average Bonchev–Trinajstić information content (AvgIpc) is 2.90. The first-order chi connectivity index (χ1) is 11.9. The minimum Gasteiger partial charge on any atom is -0.508 e. The van der Waals surface area contributed by atoms with Gasteiger partial charge in [0, 0.05) is 6.42 Å². The molecular weight excluding hydrogens is 308 g/mol. The van der Waals surface area contributed by atoms with Crippen LogP contribution in [0.15, 0.2) is 12.1 Å². The van der Waals surface area contributed by atoms with Crippen molar-refractivity contribution >= 4 is 5.78 Å². The van der Waals surface area contributed by atoms with E-state index in [-0.39, 0.29) is 0 Å². The van der Waals surface area contributed by atoms with Crippen LogP contribution in [0.5, 0.6) is 5.75 Å². The number of hydrogen-bond acceptors (Lipinski definition) is 2. The molecule has 5 atom stereocenters. The van der Waals surface area contributed by atoms with E-state index >= 15 is 0 Å². The van der Waals surface area contributed by atoms with Gasteiger partial charge in [0.05, 0.1) is 0 Å². The van der Waals surface area contributed by atoms with Crippen LogP contribution in [-0.4, -0.2) is 10.9 Å². The molecule has 1 aromatic rings. The highest BCUT2D eigenvalue weighted by atomic mass is 16.3. The van der Waals surface area contributed by atoms with Gasteiger partial charge in [-0.1, -0.05) is 19.9 Å². The van der Waals surface area contributed by atoms with Gasteiger partial charge in [0.15, 0.2) is 0 Å². The predicted octanol–water partition coefficient (Wildman–Crippen LogP) is 5.41. The van der Waals surface area contributed by atoms with Crippen LogP contribution in [0.2, 0.25) is 0 Å². The first-order valence-electron chi connectivity index (χ1n) is 10.3. The summed E-state index contributed by atoms with van der Waals surface area (Å²) in [7, 11) is 0. The summed E-state index contributed by atoms with van der Waals surface area (Å²) in [6, 6.07) is 4.36. The second kappa shape index (κ2) is 6.14. The number of phenolic OH excluding ortho intramolecular Hbond substituents is 1. The maximum atomic E-state index is 11.7. The Morgan fingerprint density at radius 1 is 1.24 bits per heavy atom. The number of rotatable bonds is 3. The number of hydrogen-bond donors (Lipinski definition) is 1. The van der Waals surface area contributed by atoms with Gasteiger partial charge >= 0.3 is 0 Å². The van der Waals surface area contributed by atoms with E-state index in [1.165, 1.54) is 43.2 Å². The average molecular weight is 341 g/mol. The number of aromatic hydroxyl groups is 1. The number of carbonyl (C=O) groups excluding carboxylic acids is 1. The largest absolute Gasteiger partial charge is 0.508 e. The number of benzene rings is 1. The van der Waals surface area contributed by atoms with Crippen molar-refractivity contribution in [2.75, 3.05) is 0 Å². The van der Waals surface area contributed by atoms with E-state index in [0.717, 1.165) is 36.7 Å². The van der Waals surface area contributed by atoms with E-state index in [0.29, 0.717) is 28.8 Å². The van der Waals surface area contributed by atoms with Crippen LogP contribution >= 0.6 is 0 Å². The third kappa shape index (κ3) is 2.64. The van der Waals surface area contributed by atoms with Gasteiger partial charge in [0.25, 0.3) is 0 Å². The van der Waals surface area contributed by atoms with Crippen LogP contribution in [0.4, 0.5) is 0 Å². The molecule has 2 saturated carbocycles. The smallest absolute Gasteiger partial charge is 0.130 e. The zero-order valence-corrected chi connectivity index (χ0v) is 16.0. The number of aryl methyl sites for hydroxylation is 2. The summed E-state index contributed by atoms with van der Waals surface area (Å²) in [6.07, 6.45) is 9.13. The fraction of sp³-hybridized carbons (Fsp3) is 0.696. The summed E-state index contributed by atoms with van der Waals surface area (Å²) in [6.45, 7) is 6.37. The molecule has 2 fully saturated rings. The summed E-state index contributed by atoms with van der Waals surface area (Å²) in [5.74, 6) is 3.68. The minimum atomic E-state index is 0.367. The molecular formula is C23H32O2. The Balaban J connectivity index is 1.65. The summed E-state index contributed by atoms with van der Waals surface area (Å²) in [5, 5.41) is 10.2. The Kier molecular flexibility index (Phi) is 4.21. The molecule has 0 heterocycles. The molecule has 0 aromatic heterocycles. The summed E-state index contributed by atoms with van der Waals surface area (Å²) in [4.78, 5) is 11.7. The lowest BCUT2D eigenvalue weighted by Gasteiger charge is -2.51. The predicted molar refractivity (Wildman–Crippen MR) is 101 cm³/mol. The molecule has 3 aliphatic rings. The van der Waals surface area contributed by atoms with Crippen LogP contribution in [-0.2, 0) is 17.6 Å². The van der Waals surface area contributed by atoms with E-state index < -0.39 is 0 Å². The van der Waals surface area contributed by atoms with Crippen LogP contribution in [0.3, 0.4) is 0 Å². The Bertz CT molecular complexity index is 692. The minimum absolute atomic E-state index is 0.367. The third-order valence-electron chi connectivity index (χ3n) is 8.04. The lowest BCUT2D eigenvalue weighted by Crippen LogP contribution is -2.42. The summed E-state index contributed by atoms with van der Waals surface area (Å²) < 4.78 is 0. The fourth-order valence-corrected chi connectivity index (χ4v) is 6.73. The van der Waals surface area contributed by atoms with Crippen molar-refractivity contribution in [3.63, 3.8) is 0 Å². The normalized spacial score (nSPS) is 36.4. The van der Waals surface area contributed by atoms with Gasteiger partial charge in [-0.25, -0.2) is 0 Å². The highest BCUT2D eigenvalue weighted by Gasteiger charge is 2.54. The van der Waals surface area contributed by atoms with E-state index in [9.17, 15) is 9.90 Å². The number of Topliss-reactive ketones (excluding diaryl/α,β-unsaturated/α-hetero) is 1. The van der Waals surface area contributed by atoms with Crippen LogP contribution in [0, 0.1) is 23.2 Å². The van der Waals surface area contributed by atoms with E-state index in [4.69, 9.17) is 0 Å². The maximum absolute atomic E-state index is 11.7. The molecule has 4 rings (SSSR count). The SMILES string of the molecule is CCc1cc2c(cc1O)CCC1C2CC[C@@]2(C)C1CC[C@@H]2CC(C)=O. The lowest BCUT2D eigenvalue weighted by atomic mass is 9.54. The Morgan fingerprint density at radius 2 is 2.04 bits per heavy atom. The molecule has 1 aromatic carbocycles. The number of fused-ring (bicyclic) bond motifs is 5. The van der Waals surface area contributed by atoms with Crippen molar-refractivity contribution in [2.45, 2.75) is 78.1 Å². The maximum Gasteiger partial charge on any atom is 0.130 e. The topological polar surface area (TPSA) is 37.3 Å². The molecule has 2 heteroatoms. The molecule has 0 aliphatic heterocycles. The molecule has 25 heavy (non-hydrogen) atoms. The molecule has 3 unspecified atom stereocenters. The van der Waals surface area contributed by atoms with Gasteiger partial charge in [-0.05, 0) is 104 Å². The third-order valence-corrected chi connectivity index (χ3v) is 8.04. The molecule has 136 valence electrons. The molecule has 2 nitrogen and oxygen atoms in total. The molecule has 0 amide bonds. The standard InChI is InChI=1S/C23H32O2/c1-4-15-12-20-16(13-22(15)25)5-7-19-18(20)9-10-23(3)17(11-14(2)24)6-8-21(19)23/h12-13,17-19,21,25H,4-11H2,1-3H3/t17-,18?,19?,21?,23-/m1/s1. The Hall–Kier alpha value is -1.31. The molecule has 0 bridgehead atoms. The highest BCUT2D eigenvalue weighted by Crippen LogP contribution is 2.63. The quantitative estimate of drug-likeness (QED) is 0.799. The van der Waals surface area contributed by atoms with Crippen molar-refractivity contribution in [1.29, 1.82) is 0 Å². The monoisotopic (exact) mass is 340 g/mol. The number of carbonyl (C=O) groups is 1. The van der Waals surface area contributed by atoms with Crippen molar-refractivity contribution in [3.05, 3.63) is 28.8 Å². The van der Waals surface area contributed by atoms with Gasteiger partial charge in [0.2, 0.25) is 0 Å². The van der Waals surface area contributed by atoms with Gasteiger partial charge in [0.1, 0.15) is 11.5 Å². The van der Waals surface area contributed by atoms with Crippen molar-refractivity contribution in [1.82, 2.24) is 0 Å². The first kappa shape index (κ1) is 17.1. The summed E-state index contributed by atoms with van der Waals surface area (Å²) >= 11 is 0. The number of ketones is 1. The second-order valence-corrected chi connectivity index (χ2v) is 9.17. The molecule has 0 saturated heterocycles. The van der Waals surface area contributed by atoms with Crippen LogP contribution in [0.25, 0.3) is 0 Å². The molecule has 0 radical (unpaired) electrons. The zero-order valence-electron chi connectivity index (χ0n) is 16.0. The van der Waals surface area contributed by atoms with Crippen molar-refractivity contribution in [3.8, 4) is 5.75 Å².